The van der Waals surface area contributed by atoms with Crippen LogP contribution in [0.25, 0.3) is 0 Å². The van der Waals surface area contributed by atoms with Gasteiger partial charge in [-0.15, -0.1) is 0 Å². The molecule has 0 radical (unpaired) electrons. The van der Waals surface area contributed by atoms with Crippen molar-refractivity contribution in [3.05, 3.63) is 35.9 Å². The molecule has 0 aliphatic heterocycles. The van der Waals surface area contributed by atoms with E-state index in [1.165, 1.54) is 5.56 Å². The molecule has 3 heteroatoms. The first-order chi connectivity index (χ1) is 8.70. The SMILES string of the molecule is CCN(CC)C(=O)[C@@]1(c2ccccc2)C[C@H]1CBr. The molecule has 1 aliphatic rings. The molecule has 1 aromatic rings. The second kappa shape index (κ2) is 5.43. The van der Waals surface area contributed by atoms with Gasteiger partial charge in [0.25, 0.3) is 0 Å². The topological polar surface area (TPSA) is 20.3 Å². The van der Waals surface area contributed by atoms with Crippen molar-refractivity contribution in [2.75, 3.05) is 18.4 Å². The fourth-order valence-corrected chi connectivity index (χ4v) is 3.57. The Balaban J connectivity index is 2.32. The highest BCUT2D eigenvalue weighted by Crippen LogP contribution is 2.56. The summed E-state index contributed by atoms with van der Waals surface area (Å²) < 4.78 is 0. The molecule has 0 N–H and O–H groups in total. The smallest absolute Gasteiger partial charge is 0.233 e. The number of rotatable bonds is 5. The third kappa shape index (κ3) is 2.09. The van der Waals surface area contributed by atoms with Crippen LogP contribution in [0.15, 0.2) is 30.3 Å². The first-order valence-electron chi connectivity index (χ1n) is 6.61. The van der Waals surface area contributed by atoms with Crippen LogP contribution in [-0.4, -0.2) is 29.2 Å². The van der Waals surface area contributed by atoms with Crippen molar-refractivity contribution in [3.8, 4) is 0 Å². The summed E-state index contributed by atoms with van der Waals surface area (Å²) in [6.07, 6.45) is 0.970. The van der Waals surface area contributed by atoms with Crippen LogP contribution in [0.4, 0.5) is 0 Å². The van der Waals surface area contributed by atoms with Crippen LogP contribution in [0.1, 0.15) is 25.8 Å². The zero-order valence-electron chi connectivity index (χ0n) is 11.0. The molecule has 0 bridgehead atoms. The number of carbonyl (C=O) groups is 1. The Bertz CT molecular complexity index is 416. The molecule has 0 heterocycles. The van der Waals surface area contributed by atoms with Gasteiger partial charge in [0, 0.05) is 18.4 Å². The molecular formula is C15H20BrNO. The van der Waals surface area contributed by atoms with Crippen LogP contribution in [0, 0.1) is 5.92 Å². The normalized spacial score (nSPS) is 25.8. The van der Waals surface area contributed by atoms with Crippen LogP contribution in [0.5, 0.6) is 0 Å². The van der Waals surface area contributed by atoms with Crippen molar-refractivity contribution in [2.24, 2.45) is 5.92 Å². The quantitative estimate of drug-likeness (QED) is 0.765. The van der Waals surface area contributed by atoms with E-state index >= 15 is 0 Å². The van der Waals surface area contributed by atoms with Gasteiger partial charge < -0.3 is 4.90 Å². The standard InChI is InChI=1S/C15H20BrNO/c1-3-17(4-2)14(18)15(10-13(15)11-16)12-8-6-5-7-9-12/h5-9,13H,3-4,10-11H2,1-2H3/t13-,15+/m0/s1. The van der Waals surface area contributed by atoms with E-state index in [4.69, 9.17) is 0 Å². The Morgan fingerprint density at radius 2 is 1.94 bits per heavy atom. The summed E-state index contributed by atoms with van der Waals surface area (Å²) >= 11 is 3.54. The number of alkyl halides is 1. The Morgan fingerprint density at radius 3 is 2.39 bits per heavy atom. The molecule has 98 valence electrons. The molecule has 1 aromatic carbocycles. The minimum atomic E-state index is -0.267. The third-order valence-electron chi connectivity index (χ3n) is 4.01. The zero-order valence-corrected chi connectivity index (χ0v) is 12.6. The van der Waals surface area contributed by atoms with Gasteiger partial charge in [-0.3, -0.25) is 4.79 Å². The largest absolute Gasteiger partial charge is 0.342 e. The molecule has 0 spiro atoms. The molecule has 18 heavy (non-hydrogen) atoms. The Hall–Kier alpha value is -0.830. The predicted molar refractivity (Wildman–Crippen MR) is 77.9 cm³/mol. The van der Waals surface area contributed by atoms with Crippen LogP contribution < -0.4 is 0 Å². The van der Waals surface area contributed by atoms with E-state index in [9.17, 15) is 4.79 Å². The highest BCUT2D eigenvalue weighted by atomic mass is 79.9. The second-order valence-electron chi connectivity index (χ2n) is 4.87. The summed E-state index contributed by atoms with van der Waals surface area (Å²) in [6, 6.07) is 10.2. The third-order valence-corrected chi connectivity index (χ3v) is 4.79. The second-order valence-corrected chi connectivity index (χ2v) is 5.52. The molecule has 0 saturated heterocycles. The average molecular weight is 310 g/mol. The van der Waals surface area contributed by atoms with Crippen LogP contribution in [0.2, 0.25) is 0 Å². The molecule has 2 rings (SSSR count). The van der Waals surface area contributed by atoms with Crippen molar-refractivity contribution >= 4 is 21.8 Å². The molecular weight excluding hydrogens is 290 g/mol. The number of carbonyl (C=O) groups excluding carboxylic acids is 1. The van der Waals surface area contributed by atoms with Crippen molar-refractivity contribution in [2.45, 2.75) is 25.7 Å². The number of likely N-dealkylation sites (N-methyl/N-ethyl adjacent to an activating group) is 1. The number of halogens is 1. The lowest BCUT2D eigenvalue weighted by atomic mass is 9.92. The maximum atomic E-state index is 12.8. The molecule has 1 fully saturated rings. The van der Waals surface area contributed by atoms with E-state index in [2.05, 4.69) is 28.1 Å². The van der Waals surface area contributed by atoms with E-state index in [1.54, 1.807) is 0 Å². The summed E-state index contributed by atoms with van der Waals surface area (Å²) in [5, 5.41) is 0.898. The summed E-state index contributed by atoms with van der Waals surface area (Å²) in [5.41, 5.74) is 0.905. The maximum Gasteiger partial charge on any atom is 0.233 e. The number of hydrogen-bond donors (Lipinski definition) is 0. The van der Waals surface area contributed by atoms with E-state index < -0.39 is 0 Å². The van der Waals surface area contributed by atoms with E-state index in [1.807, 2.05) is 36.9 Å². The van der Waals surface area contributed by atoms with Gasteiger partial charge >= 0.3 is 0 Å². The number of amides is 1. The first kappa shape index (κ1) is 13.6. The van der Waals surface area contributed by atoms with Gasteiger partial charge in [0.2, 0.25) is 5.91 Å². The highest BCUT2D eigenvalue weighted by molar-refractivity contribution is 9.09. The monoisotopic (exact) mass is 309 g/mol. The van der Waals surface area contributed by atoms with Crippen LogP contribution >= 0.6 is 15.9 Å². The van der Waals surface area contributed by atoms with Gasteiger partial charge in [-0.2, -0.15) is 0 Å². The summed E-state index contributed by atoms with van der Waals surface area (Å²) in [6.45, 7) is 5.68. The molecule has 1 amide bonds. The number of hydrogen-bond acceptors (Lipinski definition) is 1. The molecule has 2 nitrogen and oxygen atoms in total. The molecule has 0 unspecified atom stereocenters. The zero-order chi connectivity index (χ0) is 13.2. The highest BCUT2D eigenvalue weighted by Gasteiger charge is 2.61. The van der Waals surface area contributed by atoms with Gasteiger partial charge in [-0.05, 0) is 31.7 Å². The molecule has 0 aromatic heterocycles. The van der Waals surface area contributed by atoms with E-state index in [-0.39, 0.29) is 5.41 Å². The number of benzene rings is 1. The molecule has 1 saturated carbocycles. The lowest BCUT2D eigenvalue weighted by Crippen LogP contribution is -2.40. The van der Waals surface area contributed by atoms with Crippen LogP contribution in [-0.2, 0) is 10.2 Å². The van der Waals surface area contributed by atoms with Gasteiger partial charge in [0.15, 0.2) is 0 Å². The average Bonchev–Trinajstić information content (AvgIpc) is 3.17. The van der Waals surface area contributed by atoms with Gasteiger partial charge in [0.1, 0.15) is 0 Å². The molecule has 2 atom stereocenters. The Labute approximate surface area is 117 Å². The van der Waals surface area contributed by atoms with E-state index in [0.717, 1.165) is 24.8 Å². The van der Waals surface area contributed by atoms with Crippen molar-refractivity contribution < 1.29 is 4.79 Å². The fraction of sp³-hybridized carbons (Fsp3) is 0.533. The maximum absolute atomic E-state index is 12.8. The predicted octanol–water partition coefficient (Wildman–Crippen LogP) is 3.21. The summed E-state index contributed by atoms with van der Waals surface area (Å²) in [4.78, 5) is 14.7. The Kier molecular flexibility index (Phi) is 4.10. The number of nitrogens with zero attached hydrogens (tertiary/aromatic N) is 1. The summed E-state index contributed by atoms with van der Waals surface area (Å²) in [5.74, 6) is 0.733. The van der Waals surface area contributed by atoms with Crippen molar-refractivity contribution in [1.29, 1.82) is 0 Å². The minimum absolute atomic E-state index is 0.267. The van der Waals surface area contributed by atoms with Gasteiger partial charge in [-0.1, -0.05) is 46.3 Å². The molecule has 1 aliphatic carbocycles. The van der Waals surface area contributed by atoms with Crippen LogP contribution in [0.3, 0.4) is 0 Å². The van der Waals surface area contributed by atoms with Gasteiger partial charge in [-0.25, -0.2) is 0 Å². The van der Waals surface area contributed by atoms with Crippen molar-refractivity contribution in [1.82, 2.24) is 4.90 Å². The Morgan fingerprint density at radius 1 is 1.33 bits per heavy atom. The lowest BCUT2D eigenvalue weighted by molar-refractivity contribution is -0.133. The summed E-state index contributed by atoms with van der Waals surface area (Å²) in [7, 11) is 0. The first-order valence-corrected chi connectivity index (χ1v) is 7.73. The van der Waals surface area contributed by atoms with Crippen molar-refractivity contribution in [3.63, 3.8) is 0 Å². The minimum Gasteiger partial charge on any atom is -0.342 e. The fourth-order valence-electron chi connectivity index (χ4n) is 2.78. The van der Waals surface area contributed by atoms with Gasteiger partial charge in [0.05, 0.1) is 5.41 Å². The van der Waals surface area contributed by atoms with E-state index in [0.29, 0.717) is 11.8 Å². The lowest BCUT2D eigenvalue weighted by Gasteiger charge is -2.26.